The lowest BCUT2D eigenvalue weighted by atomic mass is 9.97. The first-order chi connectivity index (χ1) is 12.1. The molecule has 1 aliphatic rings. The highest BCUT2D eigenvalue weighted by Crippen LogP contribution is 2.19. The zero-order chi connectivity index (χ0) is 17.8. The maximum Gasteiger partial charge on any atom is 0.273 e. The number of nitrogens with zero attached hydrogens (tertiary/aromatic N) is 3. The van der Waals surface area contributed by atoms with E-state index >= 15 is 0 Å². The van der Waals surface area contributed by atoms with Crippen molar-refractivity contribution in [2.45, 2.75) is 38.6 Å². The first-order valence-electron chi connectivity index (χ1n) is 8.15. The summed E-state index contributed by atoms with van der Waals surface area (Å²) < 4.78 is 5.29. The summed E-state index contributed by atoms with van der Waals surface area (Å²) in [5, 5.41) is 2.82. The Morgan fingerprint density at radius 2 is 2.20 bits per heavy atom. The van der Waals surface area contributed by atoms with Crippen LogP contribution in [0.1, 0.15) is 42.6 Å². The molecule has 2 heterocycles. The summed E-state index contributed by atoms with van der Waals surface area (Å²) in [4.78, 5) is 39.7. The first-order valence-corrected chi connectivity index (χ1v) is 8.93. The molecule has 0 atom stereocenters. The number of hydrogen-bond acceptors (Lipinski definition) is 6. The quantitative estimate of drug-likeness (QED) is 0.743. The SMILES string of the molecule is NC(=O)c1nsc2c(=O)n(CC(=O)NCCC3=CCCCC3)cnc12. The van der Waals surface area contributed by atoms with Crippen LogP contribution in [0.15, 0.2) is 22.8 Å². The van der Waals surface area contributed by atoms with Crippen molar-refractivity contribution in [2.24, 2.45) is 5.73 Å². The Balaban J connectivity index is 1.63. The molecule has 0 saturated heterocycles. The first kappa shape index (κ1) is 17.3. The van der Waals surface area contributed by atoms with Crippen LogP contribution in [-0.2, 0) is 11.3 Å². The van der Waals surface area contributed by atoms with Gasteiger partial charge in [-0.3, -0.25) is 19.0 Å². The zero-order valence-corrected chi connectivity index (χ0v) is 14.5. The van der Waals surface area contributed by atoms with E-state index in [0.29, 0.717) is 6.54 Å². The number of hydrogen-bond donors (Lipinski definition) is 2. The van der Waals surface area contributed by atoms with E-state index in [1.807, 2.05) is 0 Å². The molecular weight excluding hydrogens is 342 g/mol. The molecule has 0 unspecified atom stereocenters. The van der Waals surface area contributed by atoms with Gasteiger partial charge in [0.05, 0.1) is 6.33 Å². The van der Waals surface area contributed by atoms with Crippen molar-refractivity contribution in [1.29, 1.82) is 0 Å². The molecule has 2 amide bonds. The molecular formula is C16H19N5O3S. The number of nitrogens with two attached hydrogens (primary N) is 1. The van der Waals surface area contributed by atoms with Crippen LogP contribution >= 0.6 is 11.5 Å². The third-order valence-corrected chi connectivity index (χ3v) is 4.97. The maximum atomic E-state index is 12.4. The van der Waals surface area contributed by atoms with Crippen molar-refractivity contribution in [3.8, 4) is 0 Å². The van der Waals surface area contributed by atoms with E-state index in [-0.39, 0.29) is 28.4 Å². The molecule has 0 bridgehead atoms. The molecule has 2 aromatic rings. The van der Waals surface area contributed by atoms with Gasteiger partial charge in [-0.2, -0.15) is 4.37 Å². The van der Waals surface area contributed by atoms with Crippen molar-refractivity contribution >= 4 is 33.6 Å². The van der Waals surface area contributed by atoms with Gasteiger partial charge < -0.3 is 11.1 Å². The van der Waals surface area contributed by atoms with Gasteiger partial charge >= 0.3 is 0 Å². The molecule has 0 radical (unpaired) electrons. The Morgan fingerprint density at radius 1 is 1.36 bits per heavy atom. The van der Waals surface area contributed by atoms with Gasteiger partial charge in [-0.15, -0.1) is 0 Å². The molecule has 0 spiro atoms. The third kappa shape index (κ3) is 3.93. The minimum atomic E-state index is -0.731. The number of carbonyl (C=O) groups excluding carboxylic acids is 2. The van der Waals surface area contributed by atoms with Crippen molar-refractivity contribution in [3.05, 3.63) is 34.0 Å². The predicted molar refractivity (Wildman–Crippen MR) is 94.4 cm³/mol. The van der Waals surface area contributed by atoms with E-state index in [1.54, 1.807) is 0 Å². The van der Waals surface area contributed by atoms with Gasteiger partial charge in [0.15, 0.2) is 5.69 Å². The molecule has 0 fully saturated rings. The molecule has 3 rings (SSSR count). The zero-order valence-electron chi connectivity index (χ0n) is 13.7. The summed E-state index contributed by atoms with van der Waals surface area (Å²) in [6.07, 6.45) is 9.00. The molecule has 1 aliphatic carbocycles. The second-order valence-electron chi connectivity index (χ2n) is 5.96. The van der Waals surface area contributed by atoms with E-state index < -0.39 is 11.5 Å². The van der Waals surface area contributed by atoms with Crippen molar-refractivity contribution in [3.63, 3.8) is 0 Å². The van der Waals surface area contributed by atoms with Crippen LogP contribution in [0, 0.1) is 0 Å². The van der Waals surface area contributed by atoms with Gasteiger partial charge in [-0.25, -0.2) is 4.98 Å². The number of fused-ring (bicyclic) bond motifs is 1. The summed E-state index contributed by atoms with van der Waals surface area (Å²) in [7, 11) is 0. The Hall–Kier alpha value is -2.55. The van der Waals surface area contributed by atoms with Crippen molar-refractivity contribution < 1.29 is 9.59 Å². The molecule has 0 aromatic carbocycles. The second-order valence-corrected chi connectivity index (χ2v) is 6.73. The second kappa shape index (κ2) is 7.56. The summed E-state index contributed by atoms with van der Waals surface area (Å²) in [6.45, 7) is 0.437. The van der Waals surface area contributed by atoms with Gasteiger partial charge in [0.25, 0.3) is 11.5 Å². The highest BCUT2D eigenvalue weighted by molar-refractivity contribution is 7.13. The highest BCUT2D eigenvalue weighted by atomic mass is 32.1. The summed E-state index contributed by atoms with van der Waals surface area (Å²) in [5.74, 6) is -0.982. The molecule has 2 aromatic heterocycles. The molecule has 8 nitrogen and oxygen atoms in total. The van der Waals surface area contributed by atoms with Gasteiger partial charge in [0.2, 0.25) is 5.91 Å². The third-order valence-electron chi connectivity index (χ3n) is 4.15. The topological polar surface area (TPSA) is 120 Å². The van der Waals surface area contributed by atoms with Crippen molar-refractivity contribution in [2.75, 3.05) is 6.54 Å². The number of carbonyl (C=O) groups is 2. The Labute approximate surface area is 147 Å². The normalized spacial score (nSPS) is 14.3. The number of allylic oxidation sites excluding steroid dienone is 1. The molecule has 132 valence electrons. The van der Waals surface area contributed by atoms with Crippen LogP contribution in [0.5, 0.6) is 0 Å². The van der Waals surface area contributed by atoms with Crippen LogP contribution in [-0.4, -0.2) is 32.3 Å². The lowest BCUT2D eigenvalue weighted by Gasteiger charge is -2.13. The largest absolute Gasteiger partial charge is 0.364 e. The number of primary amides is 1. The highest BCUT2D eigenvalue weighted by Gasteiger charge is 2.17. The number of aromatic nitrogens is 3. The fraction of sp³-hybridized carbons (Fsp3) is 0.438. The predicted octanol–water partition coefficient (Wildman–Crippen LogP) is 0.959. The lowest BCUT2D eigenvalue weighted by Crippen LogP contribution is -2.33. The number of amides is 2. The fourth-order valence-electron chi connectivity index (χ4n) is 2.83. The molecule has 0 aliphatic heterocycles. The van der Waals surface area contributed by atoms with E-state index in [4.69, 9.17) is 5.73 Å². The van der Waals surface area contributed by atoms with Gasteiger partial charge in [-0.1, -0.05) is 11.6 Å². The lowest BCUT2D eigenvalue weighted by molar-refractivity contribution is -0.121. The molecule has 9 heteroatoms. The standard InChI is InChI=1S/C16H19N5O3S/c17-15(23)13-12-14(25-20-13)16(24)21(9-19-12)8-11(22)18-7-6-10-4-2-1-3-5-10/h4,9H,1-3,5-8H2,(H2,17,23)(H,18,22). The van der Waals surface area contributed by atoms with E-state index in [0.717, 1.165) is 30.8 Å². The van der Waals surface area contributed by atoms with Gasteiger partial charge in [-0.05, 0) is 43.6 Å². The Bertz CT molecular complexity index is 899. The summed E-state index contributed by atoms with van der Waals surface area (Å²) in [5.41, 5.74) is 6.34. The summed E-state index contributed by atoms with van der Waals surface area (Å²) >= 11 is 0.861. The smallest absolute Gasteiger partial charge is 0.273 e. The van der Waals surface area contributed by atoms with E-state index in [2.05, 4.69) is 20.8 Å². The Kier molecular flexibility index (Phi) is 5.22. The maximum absolute atomic E-state index is 12.4. The summed E-state index contributed by atoms with van der Waals surface area (Å²) in [6, 6.07) is 0. The van der Waals surface area contributed by atoms with Gasteiger partial charge in [0, 0.05) is 6.54 Å². The minimum absolute atomic E-state index is 0.0190. The Morgan fingerprint density at radius 3 is 2.92 bits per heavy atom. The van der Waals surface area contributed by atoms with Crippen LogP contribution < -0.4 is 16.6 Å². The monoisotopic (exact) mass is 361 g/mol. The fourth-order valence-corrected chi connectivity index (χ4v) is 3.63. The molecule has 3 N–H and O–H groups in total. The molecule has 0 saturated carbocycles. The van der Waals surface area contributed by atoms with E-state index in [9.17, 15) is 14.4 Å². The average Bonchev–Trinajstić information content (AvgIpc) is 3.03. The van der Waals surface area contributed by atoms with Crippen LogP contribution in [0.4, 0.5) is 0 Å². The number of rotatable bonds is 6. The van der Waals surface area contributed by atoms with E-state index in [1.165, 1.54) is 29.3 Å². The van der Waals surface area contributed by atoms with Crippen molar-refractivity contribution in [1.82, 2.24) is 19.2 Å². The van der Waals surface area contributed by atoms with Crippen LogP contribution in [0.2, 0.25) is 0 Å². The molecule has 25 heavy (non-hydrogen) atoms. The van der Waals surface area contributed by atoms with Crippen LogP contribution in [0.3, 0.4) is 0 Å². The number of nitrogens with one attached hydrogen (secondary N) is 1. The minimum Gasteiger partial charge on any atom is -0.364 e. The van der Waals surface area contributed by atoms with Crippen LogP contribution in [0.25, 0.3) is 10.2 Å². The van der Waals surface area contributed by atoms with Gasteiger partial charge in [0.1, 0.15) is 16.8 Å². The average molecular weight is 361 g/mol.